The standard InChI is InChI=1S/C43H29F12N7O9S3/c44-29-26(30(45)36(51)41(35(29)50)56-9-12-72(63,64)65)23-17-3-1-15(59-17)16-2-4-18(60-16)24(27-31(46)37(52)42(38(53)32(27)47)57-10-13-73(66,67)68)20-6-8-22(62-20)25(21-7-5-19(23)61-21)28-33(48)39(54)43(40(55)34(28)49)58-11-14-74(69,70)71/h1-8,56-61H,9-14H2,(H,63,64,65)(H,66,67,68)(H,69,70,71). The Kier molecular flexibility index (Phi) is 14.0. The topological polar surface area (TPSA) is 259 Å². The van der Waals surface area contributed by atoms with Crippen LogP contribution in [0.2, 0.25) is 0 Å². The molecule has 0 saturated heterocycles. The van der Waals surface area contributed by atoms with Crippen molar-refractivity contribution in [2.75, 3.05) is 52.8 Å². The van der Waals surface area contributed by atoms with E-state index in [1.807, 2.05) is 10.6 Å². The Hall–Kier alpha value is -7.32. The average molecular weight is 1110 g/mol. The largest absolute Gasteiger partial charge is 0.379 e. The fraction of sp³-hybridized carbons (Fsp3) is 0.140. The molecular weight excluding hydrogens is 1080 g/mol. The number of benzene rings is 3. The van der Waals surface area contributed by atoms with Gasteiger partial charge in [-0.2, -0.15) is 25.3 Å². The number of H-pyrrole nitrogens is 3. The van der Waals surface area contributed by atoms with E-state index in [1.165, 1.54) is 6.07 Å². The van der Waals surface area contributed by atoms with Crippen LogP contribution in [0.3, 0.4) is 0 Å². The maximum absolute atomic E-state index is 16.5. The predicted molar refractivity (Wildman–Crippen MR) is 246 cm³/mol. The van der Waals surface area contributed by atoms with E-state index in [0.29, 0.717) is 0 Å². The van der Waals surface area contributed by atoms with Gasteiger partial charge in [-0.3, -0.25) is 13.7 Å². The van der Waals surface area contributed by atoms with E-state index in [0.717, 1.165) is 42.5 Å². The first-order chi connectivity index (χ1) is 34.6. The molecule has 16 nitrogen and oxygen atoms in total. The second-order valence-electron chi connectivity index (χ2n) is 15.9. The quantitative estimate of drug-likeness (QED) is 0.0264. The van der Waals surface area contributed by atoms with Crippen LogP contribution in [-0.2, 0) is 30.4 Å². The van der Waals surface area contributed by atoms with Crippen LogP contribution in [0.5, 0.6) is 0 Å². The Balaban J connectivity index is 1.50. The van der Waals surface area contributed by atoms with E-state index in [2.05, 4.69) is 19.9 Å². The number of fused-ring (bicyclic) bond motifs is 9. The zero-order chi connectivity index (χ0) is 54.1. The lowest BCUT2D eigenvalue weighted by molar-refractivity contribution is 0.462. The van der Waals surface area contributed by atoms with E-state index in [1.54, 1.807) is 5.32 Å². The number of hydrogen-bond acceptors (Lipinski definition) is 10. The van der Waals surface area contributed by atoms with Gasteiger partial charge >= 0.3 is 0 Å². The molecule has 3 aromatic carbocycles. The molecule has 0 unspecified atom stereocenters. The first-order valence-electron chi connectivity index (χ1n) is 20.6. The van der Waals surface area contributed by atoms with E-state index < -0.39 is 221 Å². The van der Waals surface area contributed by atoms with Gasteiger partial charge in [0.25, 0.3) is 30.4 Å². The van der Waals surface area contributed by atoms with Crippen molar-refractivity contribution in [1.29, 1.82) is 0 Å². The van der Waals surface area contributed by atoms with Gasteiger partial charge in [0, 0.05) is 58.4 Å². The highest BCUT2D eigenvalue weighted by molar-refractivity contribution is 7.86. The Morgan fingerprint density at radius 1 is 0.351 bits per heavy atom. The molecule has 1 aliphatic rings. The molecule has 1 aliphatic heterocycles. The van der Waals surface area contributed by atoms with Gasteiger partial charge in [-0.15, -0.1) is 0 Å². The SMILES string of the molecule is O=S(=O)(O)CCNc1c(F)c(F)c(-c2c3nc(c(-c4c(F)c(F)c(NCCS(=O)(=O)O)c(F)c4F)c4ccc([nH]4)c4ccc([nH]4)c(-c4c(F)c(F)c(NCCS(=O)(=O)O)c(F)c4F)c4ccc2[nH]4)C=C3)c(F)c1F. The van der Waals surface area contributed by atoms with Gasteiger partial charge in [0.15, 0.2) is 69.8 Å². The fourth-order valence-corrected chi connectivity index (χ4v) is 8.95. The molecule has 31 heteroatoms. The number of hydrogen-bond donors (Lipinski definition) is 9. The first-order valence-corrected chi connectivity index (χ1v) is 25.4. The monoisotopic (exact) mass is 1110 g/mol. The van der Waals surface area contributed by atoms with Gasteiger partial charge < -0.3 is 30.9 Å². The van der Waals surface area contributed by atoms with Crippen LogP contribution < -0.4 is 16.0 Å². The highest BCUT2D eigenvalue weighted by Gasteiger charge is 2.33. The first kappa shape index (κ1) is 53.0. The number of nitrogens with one attached hydrogen (secondary N) is 6. The third-order valence-electron chi connectivity index (χ3n) is 11.1. The van der Waals surface area contributed by atoms with Crippen LogP contribution in [0, 0.1) is 69.8 Å². The van der Waals surface area contributed by atoms with Crippen LogP contribution >= 0.6 is 0 Å². The number of aromatic amines is 3. The Morgan fingerprint density at radius 2 is 0.581 bits per heavy atom. The average Bonchev–Trinajstić information content (AvgIpc) is 4.17. The number of nitrogens with zero attached hydrogens (tertiary/aromatic N) is 1. The third kappa shape index (κ3) is 10.0. The number of anilines is 3. The molecule has 7 aromatic rings. The van der Waals surface area contributed by atoms with E-state index in [-0.39, 0.29) is 11.0 Å². The van der Waals surface area contributed by atoms with Gasteiger partial charge in [-0.05, 0) is 48.6 Å². The Labute approximate surface area is 406 Å². The maximum Gasteiger partial charge on any atom is 0.266 e. The van der Waals surface area contributed by atoms with Crippen molar-refractivity contribution in [2.45, 2.75) is 0 Å². The molecule has 0 amide bonds. The Morgan fingerprint density at radius 3 is 0.851 bits per heavy atom. The van der Waals surface area contributed by atoms with Crippen LogP contribution in [0.4, 0.5) is 69.7 Å². The molecule has 0 fully saturated rings. The van der Waals surface area contributed by atoms with Crippen LogP contribution in [-0.4, -0.2) is 95.7 Å². The van der Waals surface area contributed by atoms with Gasteiger partial charge in [0.05, 0.1) is 56.4 Å². The fourth-order valence-electron chi connectivity index (χ4n) is 7.87. The predicted octanol–water partition coefficient (Wildman–Crippen LogP) is 9.27. The van der Waals surface area contributed by atoms with Crippen LogP contribution in [0.25, 0.3) is 78.6 Å². The summed E-state index contributed by atoms with van der Waals surface area (Å²) < 4.78 is 288. The molecule has 0 atom stereocenters. The summed E-state index contributed by atoms with van der Waals surface area (Å²) >= 11 is 0. The molecule has 0 aliphatic carbocycles. The van der Waals surface area contributed by atoms with Gasteiger partial charge in [0.2, 0.25) is 0 Å². The molecule has 74 heavy (non-hydrogen) atoms. The molecular formula is C43H29F12N7O9S3. The minimum Gasteiger partial charge on any atom is -0.379 e. The zero-order valence-corrected chi connectivity index (χ0v) is 38.8. The molecule has 8 bridgehead atoms. The summed E-state index contributed by atoms with van der Waals surface area (Å²) in [6.45, 7) is -2.98. The van der Waals surface area contributed by atoms with Crippen LogP contribution in [0.15, 0.2) is 36.4 Å². The smallest absolute Gasteiger partial charge is 0.266 e. The summed E-state index contributed by atoms with van der Waals surface area (Å²) in [4.78, 5) is 12.1. The number of halogens is 12. The minimum absolute atomic E-state index is 0.115. The Bertz CT molecular complexity index is 3950. The van der Waals surface area contributed by atoms with Gasteiger partial charge in [-0.1, -0.05) is 0 Å². The molecule has 392 valence electrons. The van der Waals surface area contributed by atoms with Crippen molar-refractivity contribution in [3.8, 4) is 33.4 Å². The van der Waals surface area contributed by atoms with Crippen molar-refractivity contribution >= 4 is 92.7 Å². The van der Waals surface area contributed by atoms with Crippen molar-refractivity contribution in [3.63, 3.8) is 0 Å². The maximum atomic E-state index is 16.5. The summed E-state index contributed by atoms with van der Waals surface area (Å²) in [5, 5.41) is 5.45. The van der Waals surface area contributed by atoms with E-state index >= 15 is 52.7 Å². The summed E-state index contributed by atoms with van der Waals surface area (Å²) in [5.74, 6) is -29.9. The second kappa shape index (κ2) is 19.5. The summed E-state index contributed by atoms with van der Waals surface area (Å²) in [5.41, 5.74) is -16.3. The van der Waals surface area contributed by atoms with Crippen molar-refractivity contribution < 1.29 is 91.6 Å². The molecule has 4 aromatic heterocycles. The molecule has 0 spiro atoms. The van der Waals surface area contributed by atoms with Crippen LogP contribution in [0.1, 0.15) is 11.4 Å². The summed E-state index contributed by atoms with van der Waals surface area (Å²) in [6.07, 6.45) is 1.65. The van der Waals surface area contributed by atoms with Gasteiger partial charge in [0.1, 0.15) is 17.1 Å². The summed E-state index contributed by atoms with van der Waals surface area (Å²) in [6, 6.07) is 6.15. The molecule has 5 heterocycles. The minimum atomic E-state index is -4.82. The highest BCUT2D eigenvalue weighted by atomic mass is 32.2. The molecule has 0 saturated carbocycles. The molecule has 9 N–H and O–H groups in total. The molecule has 0 radical (unpaired) electrons. The highest BCUT2D eigenvalue weighted by Crippen LogP contribution is 2.44. The molecule has 8 rings (SSSR count). The zero-order valence-electron chi connectivity index (χ0n) is 36.4. The van der Waals surface area contributed by atoms with Gasteiger partial charge in [-0.25, -0.2) is 57.7 Å². The third-order valence-corrected chi connectivity index (χ3v) is 13.3. The normalized spacial score (nSPS) is 12.6. The van der Waals surface area contributed by atoms with E-state index in [9.17, 15) is 25.3 Å². The summed E-state index contributed by atoms with van der Waals surface area (Å²) in [7, 11) is -14.4. The van der Waals surface area contributed by atoms with E-state index in [4.69, 9.17) is 13.7 Å². The van der Waals surface area contributed by atoms with Crippen molar-refractivity contribution in [1.82, 2.24) is 19.9 Å². The number of rotatable bonds is 15. The lowest BCUT2D eigenvalue weighted by Crippen LogP contribution is -2.17. The van der Waals surface area contributed by atoms with Crippen molar-refractivity contribution in [3.05, 3.63) is 118 Å². The number of aromatic nitrogens is 4. The second-order valence-corrected chi connectivity index (χ2v) is 20.6. The lowest BCUT2D eigenvalue weighted by Gasteiger charge is -2.15. The van der Waals surface area contributed by atoms with Crippen molar-refractivity contribution in [2.24, 2.45) is 0 Å². The lowest BCUT2D eigenvalue weighted by atomic mass is 10.0.